The van der Waals surface area contributed by atoms with Gasteiger partial charge in [0.15, 0.2) is 0 Å². The number of thiophene rings is 1. The monoisotopic (exact) mass is 279 g/mol. The van der Waals surface area contributed by atoms with Crippen LogP contribution in [0.5, 0.6) is 0 Å². The Bertz CT molecular complexity index is 625. The largest absolute Gasteiger partial charge is 0.391 e. The van der Waals surface area contributed by atoms with Gasteiger partial charge in [0.1, 0.15) is 5.82 Å². The van der Waals surface area contributed by atoms with E-state index in [1.807, 2.05) is 0 Å². The third kappa shape index (κ3) is 2.48. The van der Waals surface area contributed by atoms with E-state index in [2.05, 4.69) is 0 Å². The molecule has 1 aromatic heterocycles. The fraction of sp³-hybridized carbons (Fsp3) is 0.357. The van der Waals surface area contributed by atoms with Crippen molar-refractivity contribution in [1.29, 1.82) is 0 Å². The van der Waals surface area contributed by atoms with Gasteiger partial charge in [0.05, 0.1) is 11.0 Å². The molecule has 3 nitrogen and oxygen atoms in total. The number of benzene rings is 1. The number of carbonyl (C=O) groups is 1. The highest BCUT2D eigenvalue weighted by Crippen LogP contribution is 2.28. The van der Waals surface area contributed by atoms with Gasteiger partial charge in [-0.2, -0.15) is 0 Å². The maximum atomic E-state index is 13.1. The second-order valence-electron chi connectivity index (χ2n) is 4.84. The lowest BCUT2D eigenvalue weighted by atomic mass is 10.1. The Morgan fingerprint density at radius 3 is 3.05 bits per heavy atom. The van der Waals surface area contributed by atoms with Crippen molar-refractivity contribution in [3.8, 4) is 0 Å². The van der Waals surface area contributed by atoms with E-state index in [-0.39, 0.29) is 11.7 Å². The molecule has 0 spiro atoms. The summed E-state index contributed by atoms with van der Waals surface area (Å²) in [6.07, 6.45) is 1.15. The number of hydrogen-bond donors (Lipinski definition) is 1. The molecule has 0 aliphatic carbocycles. The van der Waals surface area contributed by atoms with E-state index in [4.69, 9.17) is 0 Å². The maximum Gasteiger partial charge on any atom is 0.264 e. The minimum atomic E-state index is -0.426. The number of hydrogen-bond acceptors (Lipinski definition) is 3. The van der Waals surface area contributed by atoms with Crippen molar-refractivity contribution >= 4 is 27.3 Å². The average Bonchev–Trinajstić information content (AvgIpc) is 2.80. The zero-order valence-electron chi connectivity index (χ0n) is 10.3. The van der Waals surface area contributed by atoms with Gasteiger partial charge in [0.25, 0.3) is 5.91 Å². The minimum Gasteiger partial charge on any atom is -0.391 e. The molecule has 5 heteroatoms. The molecule has 1 saturated heterocycles. The SMILES string of the molecule is O=C(c1cc2ccc(F)cc2s1)N1CCCC(O)C1. The van der Waals surface area contributed by atoms with Crippen LogP contribution in [0.3, 0.4) is 0 Å². The Kier molecular flexibility index (Phi) is 3.24. The smallest absolute Gasteiger partial charge is 0.264 e. The highest BCUT2D eigenvalue weighted by molar-refractivity contribution is 7.20. The summed E-state index contributed by atoms with van der Waals surface area (Å²) in [5.41, 5.74) is 0. The van der Waals surface area contributed by atoms with Crippen molar-refractivity contribution in [3.63, 3.8) is 0 Å². The molecule has 2 heterocycles. The summed E-state index contributed by atoms with van der Waals surface area (Å²) in [5, 5.41) is 10.5. The summed E-state index contributed by atoms with van der Waals surface area (Å²) < 4.78 is 13.9. The van der Waals surface area contributed by atoms with Gasteiger partial charge in [-0.25, -0.2) is 4.39 Å². The number of fused-ring (bicyclic) bond motifs is 1. The Morgan fingerprint density at radius 1 is 1.42 bits per heavy atom. The molecular formula is C14H14FNO2S. The highest BCUT2D eigenvalue weighted by atomic mass is 32.1. The molecule has 1 amide bonds. The number of rotatable bonds is 1. The number of carbonyl (C=O) groups excluding carboxylic acids is 1. The number of amides is 1. The first-order valence-corrected chi connectivity index (χ1v) is 7.11. The topological polar surface area (TPSA) is 40.5 Å². The molecule has 1 aliphatic heterocycles. The van der Waals surface area contributed by atoms with E-state index in [0.717, 1.165) is 22.9 Å². The van der Waals surface area contributed by atoms with Crippen LogP contribution in [-0.4, -0.2) is 35.1 Å². The zero-order chi connectivity index (χ0) is 13.4. The van der Waals surface area contributed by atoms with Gasteiger partial charge in [0.2, 0.25) is 0 Å². The lowest BCUT2D eigenvalue weighted by molar-refractivity contribution is 0.0478. The first kappa shape index (κ1) is 12.6. The van der Waals surface area contributed by atoms with Crippen molar-refractivity contribution < 1.29 is 14.3 Å². The molecule has 100 valence electrons. The second-order valence-corrected chi connectivity index (χ2v) is 5.92. The van der Waals surface area contributed by atoms with Gasteiger partial charge >= 0.3 is 0 Å². The van der Waals surface area contributed by atoms with Gasteiger partial charge < -0.3 is 10.0 Å². The number of likely N-dealkylation sites (tertiary alicyclic amines) is 1. The molecule has 0 bridgehead atoms. The number of piperidine rings is 1. The summed E-state index contributed by atoms with van der Waals surface area (Å²) in [6.45, 7) is 1.07. The first-order chi connectivity index (χ1) is 9.13. The van der Waals surface area contributed by atoms with Crippen molar-refractivity contribution in [1.82, 2.24) is 4.90 Å². The summed E-state index contributed by atoms with van der Waals surface area (Å²) >= 11 is 1.30. The molecule has 0 saturated carbocycles. The number of aliphatic hydroxyl groups excluding tert-OH is 1. The predicted molar refractivity (Wildman–Crippen MR) is 72.9 cm³/mol. The van der Waals surface area contributed by atoms with Crippen LogP contribution in [-0.2, 0) is 0 Å². The van der Waals surface area contributed by atoms with Crippen LogP contribution in [0.2, 0.25) is 0 Å². The van der Waals surface area contributed by atoms with Gasteiger partial charge in [-0.05, 0) is 36.4 Å². The van der Waals surface area contributed by atoms with Crippen molar-refractivity contribution in [2.45, 2.75) is 18.9 Å². The number of aliphatic hydroxyl groups is 1. The molecule has 0 radical (unpaired) electrons. The zero-order valence-corrected chi connectivity index (χ0v) is 11.1. The Morgan fingerprint density at radius 2 is 2.26 bits per heavy atom. The first-order valence-electron chi connectivity index (χ1n) is 6.30. The van der Waals surface area contributed by atoms with Gasteiger partial charge in [-0.3, -0.25) is 4.79 Å². The van der Waals surface area contributed by atoms with Crippen LogP contribution in [0.25, 0.3) is 10.1 Å². The minimum absolute atomic E-state index is 0.0691. The number of halogens is 1. The van der Waals surface area contributed by atoms with E-state index in [1.54, 1.807) is 17.0 Å². The third-order valence-electron chi connectivity index (χ3n) is 3.38. The average molecular weight is 279 g/mol. The fourth-order valence-electron chi connectivity index (χ4n) is 2.41. The number of nitrogens with zero attached hydrogens (tertiary/aromatic N) is 1. The molecule has 3 rings (SSSR count). The van der Waals surface area contributed by atoms with Gasteiger partial charge in [-0.15, -0.1) is 11.3 Å². The summed E-state index contributed by atoms with van der Waals surface area (Å²) in [6, 6.07) is 6.32. The normalized spacial score (nSPS) is 19.9. The molecule has 1 aliphatic rings. The van der Waals surface area contributed by atoms with Crippen molar-refractivity contribution in [3.05, 3.63) is 35.0 Å². The van der Waals surface area contributed by atoms with E-state index in [1.165, 1.54) is 23.5 Å². The predicted octanol–water partition coefficient (Wildman–Crippen LogP) is 2.64. The quantitative estimate of drug-likeness (QED) is 0.871. The Labute approximate surface area is 114 Å². The molecule has 2 aromatic rings. The van der Waals surface area contributed by atoms with E-state index >= 15 is 0 Å². The Hall–Kier alpha value is -1.46. The van der Waals surface area contributed by atoms with Crippen LogP contribution < -0.4 is 0 Å². The van der Waals surface area contributed by atoms with Crippen LogP contribution in [0.1, 0.15) is 22.5 Å². The standard InChI is InChI=1S/C14H14FNO2S/c15-10-4-3-9-6-13(19-12(9)7-10)14(18)16-5-1-2-11(17)8-16/h3-4,6-7,11,17H,1-2,5,8H2. The third-order valence-corrected chi connectivity index (χ3v) is 4.46. The lowest BCUT2D eigenvalue weighted by Gasteiger charge is -2.29. The summed E-state index contributed by atoms with van der Waals surface area (Å²) in [7, 11) is 0. The molecule has 1 aromatic carbocycles. The molecule has 1 fully saturated rings. The van der Waals surface area contributed by atoms with E-state index in [9.17, 15) is 14.3 Å². The van der Waals surface area contributed by atoms with Crippen molar-refractivity contribution in [2.75, 3.05) is 13.1 Å². The maximum absolute atomic E-state index is 13.1. The summed E-state index contributed by atoms with van der Waals surface area (Å²) in [4.78, 5) is 14.6. The highest BCUT2D eigenvalue weighted by Gasteiger charge is 2.24. The molecule has 19 heavy (non-hydrogen) atoms. The van der Waals surface area contributed by atoms with E-state index in [0.29, 0.717) is 18.0 Å². The summed E-state index contributed by atoms with van der Waals surface area (Å²) in [5.74, 6) is -0.359. The molecule has 1 N–H and O–H groups in total. The molecule has 1 unspecified atom stereocenters. The van der Waals surface area contributed by atoms with E-state index < -0.39 is 6.10 Å². The van der Waals surface area contributed by atoms with Crippen LogP contribution in [0.15, 0.2) is 24.3 Å². The van der Waals surface area contributed by atoms with Gasteiger partial charge in [0, 0.05) is 17.8 Å². The van der Waals surface area contributed by atoms with Crippen molar-refractivity contribution in [2.24, 2.45) is 0 Å². The molecule has 1 atom stereocenters. The van der Waals surface area contributed by atoms with Crippen LogP contribution in [0.4, 0.5) is 4.39 Å². The van der Waals surface area contributed by atoms with Gasteiger partial charge in [-0.1, -0.05) is 6.07 Å². The van der Waals surface area contributed by atoms with Crippen LogP contribution in [0, 0.1) is 5.82 Å². The lowest BCUT2D eigenvalue weighted by Crippen LogP contribution is -2.41. The molecular weight excluding hydrogens is 265 g/mol. The Balaban J connectivity index is 1.88. The fourth-order valence-corrected chi connectivity index (χ4v) is 3.46. The second kappa shape index (κ2) is 4.90. The number of β-amino-alcohol motifs (C(OH)–C–C–N with tert-alkyl or cyclic N) is 1. The van der Waals surface area contributed by atoms with Crippen LogP contribution >= 0.6 is 11.3 Å².